The van der Waals surface area contributed by atoms with E-state index in [1.807, 2.05) is 27.7 Å². The Balaban J connectivity index is 3.25. The van der Waals surface area contributed by atoms with Crippen LogP contribution in [0.2, 0.25) is 0 Å². The molecular formula is C12H19FN2O2. The fourth-order valence-corrected chi connectivity index (χ4v) is 1.62. The zero-order valence-electron chi connectivity index (χ0n) is 10.9. The van der Waals surface area contributed by atoms with Gasteiger partial charge in [0, 0.05) is 6.61 Å². The fourth-order valence-electron chi connectivity index (χ4n) is 1.62. The van der Waals surface area contributed by atoms with Crippen LogP contribution in [-0.4, -0.2) is 16.6 Å². The first kappa shape index (κ1) is 13.8. The van der Waals surface area contributed by atoms with Crippen LogP contribution >= 0.6 is 0 Å². The molecule has 0 aromatic carbocycles. The number of ether oxygens (including phenoxy) is 1. The number of aryl methyl sites for hydroxylation is 1. The summed E-state index contributed by atoms with van der Waals surface area (Å²) in [7, 11) is 0. The van der Waals surface area contributed by atoms with E-state index < -0.39 is 11.4 Å². The molecule has 1 N–H and O–H groups in total. The molecule has 1 unspecified atom stereocenters. The summed E-state index contributed by atoms with van der Waals surface area (Å²) in [6.45, 7) is 9.78. The third kappa shape index (κ3) is 3.12. The van der Waals surface area contributed by atoms with Gasteiger partial charge in [-0.2, -0.15) is 4.39 Å². The molecule has 0 bridgehead atoms. The first-order valence-electron chi connectivity index (χ1n) is 5.65. The van der Waals surface area contributed by atoms with Crippen LogP contribution in [0.1, 0.15) is 45.3 Å². The minimum absolute atomic E-state index is 0.0951. The lowest BCUT2D eigenvalue weighted by molar-refractivity contribution is -0.0195. The molecule has 0 aliphatic rings. The Labute approximate surface area is 100 Å². The summed E-state index contributed by atoms with van der Waals surface area (Å²) in [5.74, 6) is -0.457. The van der Waals surface area contributed by atoms with Crippen molar-refractivity contribution in [3.63, 3.8) is 0 Å². The molecule has 0 spiro atoms. The third-order valence-electron chi connectivity index (χ3n) is 2.42. The van der Waals surface area contributed by atoms with Crippen LogP contribution < -0.4 is 5.56 Å². The molecule has 1 aromatic rings. The molecule has 5 heteroatoms. The van der Waals surface area contributed by atoms with Gasteiger partial charge in [-0.05, 0) is 19.3 Å². The number of halogens is 1. The summed E-state index contributed by atoms with van der Waals surface area (Å²) in [5, 5.41) is 0. The second kappa shape index (κ2) is 4.96. The van der Waals surface area contributed by atoms with Crippen molar-refractivity contribution in [2.24, 2.45) is 5.41 Å². The molecular weight excluding hydrogens is 223 g/mol. The number of rotatable bonds is 3. The Morgan fingerprint density at radius 2 is 2.06 bits per heavy atom. The van der Waals surface area contributed by atoms with Gasteiger partial charge in [-0.1, -0.05) is 20.8 Å². The summed E-state index contributed by atoms with van der Waals surface area (Å²) < 4.78 is 18.8. The molecule has 0 radical (unpaired) electrons. The highest BCUT2D eigenvalue weighted by molar-refractivity contribution is 5.07. The number of nitrogens with one attached hydrogen (secondary N) is 1. The Hall–Kier alpha value is -1.23. The van der Waals surface area contributed by atoms with Crippen molar-refractivity contribution in [2.75, 3.05) is 6.61 Å². The molecule has 0 fully saturated rings. The molecule has 96 valence electrons. The smallest absolute Gasteiger partial charge is 0.287 e. The first-order chi connectivity index (χ1) is 7.77. The van der Waals surface area contributed by atoms with Crippen molar-refractivity contribution in [3.8, 4) is 0 Å². The monoisotopic (exact) mass is 242 g/mol. The van der Waals surface area contributed by atoms with Gasteiger partial charge >= 0.3 is 0 Å². The maximum Gasteiger partial charge on any atom is 0.287 e. The number of H-pyrrole nitrogens is 1. The first-order valence-corrected chi connectivity index (χ1v) is 5.65. The molecule has 0 aliphatic carbocycles. The molecule has 1 rings (SSSR count). The lowest BCUT2D eigenvalue weighted by atomic mass is 9.88. The van der Waals surface area contributed by atoms with E-state index in [9.17, 15) is 9.18 Å². The number of hydrogen-bond acceptors (Lipinski definition) is 3. The largest absolute Gasteiger partial charge is 0.370 e. The number of aromatic nitrogens is 2. The molecule has 0 aliphatic heterocycles. The second-order valence-corrected chi connectivity index (χ2v) is 5.05. The summed E-state index contributed by atoms with van der Waals surface area (Å²) in [4.78, 5) is 17.9. The van der Waals surface area contributed by atoms with E-state index in [1.54, 1.807) is 0 Å². The van der Waals surface area contributed by atoms with Gasteiger partial charge in [0.15, 0.2) is 0 Å². The van der Waals surface area contributed by atoms with Gasteiger partial charge in [0.05, 0.1) is 5.69 Å². The zero-order valence-corrected chi connectivity index (χ0v) is 10.9. The van der Waals surface area contributed by atoms with Crippen LogP contribution in [0, 0.1) is 18.2 Å². The van der Waals surface area contributed by atoms with Gasteiger partial charge < -0.3 is 9.72 Å². The average molecular weight is 242 g/mol. The molecule has 4 nitrogen and oxygen atoms in total. The summed E-state index contributed by atoms with van der Waals surface area (Å²) in [5.41, 5.74) is -0.880. The molecule has 0 saturated heterocycles. The van der Waals surface area contributed by atoms with Crippen LogP contribution in [-0.2, 0) is 4.74 Å². The molecule has 0 saturated carbocycles. The maximum atomic E-state index is 13.2. The zero-order chi connectivity index (χ0) is 13.2. The summed E-state index contributed by atoms with van der Waals surface area (Å²) >= 11 is 0. The van der Waals surface area contributed by atoms with E-state index in [0.717, 1.165) is 0 Å². The average Bonchev–Trinajstić information content (AvgIpc) is 2.20. The molecule has 1 aromatic heterocycles. The van der Waals surface area contributed by atoms with Gasteiger partial charge in [-0.3, -0.25) is 4.79 Å². The summed E-state index contributed by atoms with van der Waals surface area (Å²) in [6.07, 6.45) is -0.362. The topological polar surface area (TPSA) is 55.0 Å². The highest BCUT2D eigenvalue weighted by Crippen LogP contribution is 2.33. The highest BCUT2D eigenvalue weighted by atomic mass is 19.1. The normalized spacial score (nSPS) is 13.8. The lowest BCUT2D eigenvalue weighted by Crippen LogP contribution is -2.27. The molecule has 1 atom stereocenters. The van der Waals surface area contributed by atoms with Gasteiger partial charge in [0.2, 0.25) is 5.82 Å². The predicted molar refractivity (Wildman–Crippen MR) is 63.4 cm³/mol. The van der Waals surface area contributed by atoms with E-state index >= 15 is 0 Å². The van der Waals surface area contributed by atoms with Crippen molar-refractivity contribution >= 4 is 0 Å². The molecule has 17 heavy (non-hydrogen) atoms. The number of hydrogen-bond donors (Lipinski definition) is 1. The van der Waals surface area contributed by atoms with E-state index in [-0.39, 0.29) is 17.2 Å². The second-order valence-electron chi connectivity index (χ2n) is 5.05. The Kier molecular flexibility index (Phi) is 4.03. The maximum absolute atomic E-state index is 13.2. The van der Waals surface area contributed by atoms with Crippen molar-refractivity contribution in [1.29, 1.82) is 0 Å². The van der Waals surface area contributed by atoms with E-state index in [0.29, 0.717) is 12.4 Å². The number of nitrogens with zero attached hydrogens (tertiary/aromatic N) is 1. The van der Waals surface area contributed by atoms with Crippen molar-refractivity contribution in [3.05, 3.63) is 27.7 Å². The van der Waals surface area contributed by atoms with E-state index in [4.69, 9.17) is 4.74 Å². The minimum Gasteiger partial charge on any atom is -0.370 e. The van der Waals surface area contributed by atoms with E-state index in [1.165, 1.54) is 6.92 Å². The van der Waals surface area contributed by atoms with Gasteiger partial charge in [0.1, 0.15) is 11.9 Å². The Bertz CT molecular complexity index is 449. The SMILES string of the molecule is CCOC(c1nc(C)c(F)c(=O)[nH]1)C(C)(C)C. The molecule has 0 amide bonds. The summed E-state index contributed by atoms with van der Waals surface area (Å²) in [6, 6.07) is 0. The molecule has 1 heterocycles. The van der Waals surface area contributed by atoms with Gasteiger partial charge in [-0.25, -0.2) is 4.98 Å². The van der Waals surface area contributed by atoms with Crippen LogP contribution in [0.4, 0.5) is 4.39 Å². The van der Waals surface area contributed by atoms with E-state index in [2.05, 4.69) is 9.97 Å². The van der Waals surface area contributed by atoms with Crippen LogP contribution in [0.25, 0.3) is 0 Å². The standard InChI is InChI=1S/C12H19FN2O2/c1-6-17-9(12(3,4)5)10-14-7(2)8(13)11(16)15-10/h9H,6H2,1-5H3,(H,14,15,16). The predicted octanol–water partition coefficient (Wildman–Crippen LogP) is 2.34. The lowest BCUT2D eigenvalue weighted by Gasteiger charge is -2.29. The van der Waals surface area contributed by atoms with Crippen LogP contribution in [0.5, 0.6) is 0 Å². The minimum atomic E-state index is -0.835. The Morgan fingerprint density at radius 3 is 2.47 bits per heavy atom. The van der Waals surface area contributed by atoms with Crippen LogP contribution in [0.15, 0.2) is 4.79 Å². The quantitative estimate of drug-likeness (QED) is 0.885. The number of aromatic amines is 1. The van der Waals surface area contributed by atoms with Crippen molar-refractivity contribution in [2.45, 2.75) is 40.7 Å². The third-order valence-corrected chi connectivity index (χ3v) is 2.42. The fraction of sp³-hybridized carbons (Fsp3) is 0.667. The highest BCUT2D eigenvalue weighted by Gasteiger charge is 2.29. The van der Waals surface area contributed by atoms with Crippen molar-refractivity contribution < 1.29 is 9.13 Å². The van der Waals surface area contributed by atoms with Gasteiger partial charge in [0.25, 0.3) is 5.56 Å². The van der Waals surface area contributed by atoms with Crippen molar-refractivity contribution in [1.82, 2.24) is 9.97 Å². The van der Waals surface area contributed by atoms with Gasteiger partial charge in [-0.15, -0.1) is 0 Å². The Morgan fingerprint density at radius 1 is 1.47 bits per heavy atom. The van der Waals surface area contributed by atoms with Crippen LogP contribution in [0.3, 0.4) is 0 Å².